The third-order valence-electron chi connectivity index (χ3n) is 2.34. The lowest BCUT2D eigenvalue weighted by Crippen LogP contribution is -2.11. The summed E-state index contributed by atoms with van der Waals surface area (Å²) in [6.45, 7) is 4.10. The van der Waals surface area contributed by atoms with E-state index in [1.165, 1.54) is 0 Å². The zero-order valence-electron chi connectivity index (χ0n) is 10.1. The van der Waals surface area contributed by atoms with Crippen LogP contribution in [-0.4, -0.2) is 11.7 Å². The summed E-state index contributed by atoms with van der Waals surface area (Å²) < 4.78 is 12.0. The Morgan fingerprint density at radius 1 is 1.39 bits per heavy atom. The van der Waals surface area contributed by atoms with Crippen molar-refractivity contribution in [3.05, 3.63) is 45.4 Å². The number of aromatic nitrogens is 1. The van der Waals surface area contributed by atoms with Crippen molar-refractivity contribution in [2.45, 2.75) is 20.1 Å². The third-order valence-corrected chi connectivity index (χ3v) is 3.01. The molecule has 0 unspecified atom stereocenters. The van der Waals surface area contributed by atoms with Crippen LogP contribution in [0.5, 0.6) is 5.75 Å². The van der Waals surface area contributed by atoms with Crippen LogP contribution in [0.4, 0.5) is 0 Å². The molecule has 2 rings (SSSR count). The average Bonchev–Trinajstić information content (AvgIpc) is 2.82. The van der Waals surface area contributed by atoms with Crippen LogP contribution >= 0.6 is 22.6 Å². The molecule has 1 N–H and O–H groups in total. The van der Waals surface area contributed by atoms with Crippen LogP contribution in [0.1, 0.15) is 18.4 Å². The first kappa shape index (κ1) is 13.4. The van der Waals surface area contributed by atoms with E-state index in [-0.39, 0.29) is 0 Å². The number of halogens is 1. The minimum Gasteiger partial charge on any atom is -0.486 e. The highest BCUT2D eigenvalue weighted by atomic mass is 127. The van der Waals surface area contributed by atoms with Gasteiger partial charge in [0.05, 0.1) is 5.69 Å². The molecule has 96 valence electrons. The molecule has 2 aromatic rings. The first-order valence-electron chi connectivity index (χ1n) is 5.81. The normalized spacial score (nSPS) is 10.6. The lowest BCUT2D eigenvalue weighted by Gasteiger charge is -2.03. The van der Waals surface area contributed by atoms with Gasteiger partial charge in [-0.2, -0.15) is 0 Å². The highest BCUT2D eigenvalue weighted by molar-refractivity contribution is 14.1. The Kier molecular flexibility index (Phi) is 5.00. The van der Waals surface area contributed by atoms with E-state index < -0.39 is 0 Å². The number of rotatable bonds is 6. The molecule has 0 saturated heterocycles. The van der Waals surface area contributed by atoms with Gasteiger partial charge in [0, 0.05) is 16.2 Å². The maximum absolute atomic E-state index is 5.63. The second-order valence-electron chi connectivity index (χ2n) is 3.81. The van der Waals surface area contributed by atoms with E-state index in [1.807, 2.05) is 30.3 Å². The number of hydrogen-bond acceptors (Lipinski definition) is 4. The van der Waals surface area contributed by atoms with Gasteiger partial charge in [-0.3, -0.25) is 0 Å². The lowest BCUT2D eigenvalue weighted by molar-refractivity contribution is 0.248. The predicted octanol–water partition coefficient (Wildman–Crippen LogP) is 2.97. The zero-order chi connectivity index (χ0) is 12.8. The summed E-state index contributed by atoms with van der Waals surface area (Å²) in [4.78, 5) is 0. The standard InChI is InChI=1S/C13H15IN2O2/c1-2-15-8-11-7-13(18-16-11)9-17-12-5-3-4-10(14)6-12/h3-7,15H,2,8-9H2,1H3. The van der Waals surface area contributed by atoms with Gasteiger partial charge in [0.25, 0.3) is 0 Å². The van der Waals surface area contributed by atoms with Crippen molar-refractivity contribution in [1.29, 1.82) is 0 Å². The van der Waals surface area contributed by atoms with Crippen molar-refractivity contribution in [3.63, 3.8) is 0 Å². The van der Waals surface area contributed by atoms with Crippen LogP contribution in [0.15, 0.2) is 34.9 Å². The minimum absolute atomic E-state index is 0.402. The molecule has 0 saturated carbocycles. The van der Waals surface area contributed by atoms with E-state index >= 15 is 0 Å². The Bertz CT molecular complexity index is 499. The fourth-order valence-corrected chi connectivity index (χ4v) is 1.99. The summed E-state index contributed by atoms with van der Waals surface area (Å²) >= 11 is 2.26. The number of hydrogen-bond donors (Lipinski definition) is 1. The molecular formula is C13H15IN2O2. The zero-order valence-corrected chi connectivity index (χ0v) is 12.3. The minimum atomic E-state index is 0.402. The molecule has 0 spiro atoms. The first-order valence-corrected chi connectivity index (χ1v) is 6.89. The number of ether oxygens (including phenoxy) is 1. The molecule has 1 heterocycles. The van der Waals surface area contributed by atoms with Gasteiger partial charge in [0.1, 0.15) is 12.4 Å². The van der Waals surface area contributed by atoms with E-state index in [0.29, 0.717) is 6.61 Å². The van der Waals surface area contributed by atoms with Crippen molar-refractivity contribution in [2.75, 3.05) is 6.54 Å². The molecule has 4 nitrogen and oxygen atoms in total. The van der Waals surface area contributed by atoms with Crippen molar-refractivity contribution in [1.82, 2.24) is 10.5 Å². The summed E-state index contributed by atoms with van der Waals surface area (Å²) in [6.07, 6.45) is 0. The molecule has 0 aliphatic carbocycles. The van der Waals surface area contributed by atoms with Crippen LogP contribution in [0.25, 0.3) is 0 Å². The molecule has 0 radical (unpaired) electrons. The average molecular weight is 358 g/mol. The smallest absolute Gasteiger partial charge is 0.174 e. The molecule has 5 heteroatoms. The van der Waals surface area contributed by atoms with Gasteiger partial charge in [-0.15, -0.1) is 0 Å². The maximum atomic E-state index is 5.63. The topological polar surface area (TPSA) is 47.3 Å². The predicted molar refractivity (Wildman–Crippen MR) is 77.4 cm³/mol. The highest BCUT2D eigenvalue weighted by Crippen LogP contribution is 2.16. The molecule has 0 bridgehead atoms. The van der Waals surface area contributed by atoms with E-state index in [2.05, 4.69) is 40.0 Å². The monoisotopic (exact) mass is 358 g/mol. The van der Waals surface area contributed by atoms with Crippen LogP contribution in [0, 0.1) is 3.57 Å². The molecule has 1 aromatic heterocycles. The van der Waals surface area contributed by atoms with Gasteiger partial charge < -0.3 is 14.6 Å². The Morgan fingerprint density at radius 2 is 2.28 bits per heavy atom. The van der Waals surface area contributed by atoms with Gasteiger partial charge in [-0.25, -0.2) is 0 Å². The van der Waals surface area contributed by atoms with Gasteiger partial charge in [0.2, 0.25) is 0 Å². The lowest BCUT2D eigenvalue weighted by atomic mass is 10.3. The number of benzene rings is 1. The highest BCUT2D eigenvalue weighted by Gasteiger charge is 2.04. The summed E-state index contributed by atoms with van der Waals surface area (Å²) in [5.41, 5.74) is 0.901. The summed E-state index contributed by atoms with van der Waals surface area (Å²) in [6, 6.07) is 9.82. The fraction of sp³-hybridized carbons (Fsp3) is 0.308. The largest absolute Gasteiger partial charge is 0.486 e. The fourth-order valence-electron chi connectivity index (χ4n) is 1.47. The summed E-state index contributed by atoms with van der Waals surface area (Å²) in [5.74, 6) is 1.58. The SMILES string of the molecule is CCNCc1cc(COc2cccc(I)c2)on1. The van der Waals surface area contributed by atoms with Crippen molar-refractivity contribution in [3.8, 4) is 5.75 Å². The molecule has 0 aliphatic rings. The van der Waals surface area contributed by atoms with Crippen molar-refractivity contribution in [2.24, 2.45) is 0 Å². The van der Waals surface area contributed by atoms with Crippen LogP contribution in [0.3, 0.4) is 0 Å². The van der Waals surface area contributed by atoms with Crippen molar-refractivity contribution < 1.29 is 9.26 Å². The van der Waals surface area contributed by atoms with Gasteiger partial charge >= 0.3 is 0 Å². The summed E-state index contributed by atoms with van der Waals surface area (Å²) in [5, 5.41) is 7.16. The Labute approximate surface area is 120 Å². The molecule has 0 fully saturated rings. The second kappa shape index (κ2) is 6.75. The Morgan fingerprint density at radius 3 is 3.06 bits per heavy atom. The maximum Gasteiger partial charge on any atom is 0.174 e. The third kappa shape index (κ3) is 3.99. The van der Waals surface area contributed by atoms with E-state index in [9.17, 15) is 0 Å². The van der Waals surface area contributed by atoms with Crippen LogP contribution in [-0.2, 0) is 13.2 Å². The molecule has 0 atom stereocenters. The first-order chi connectivity index (χ1) is 8.78. The van der Waals surface area contributed by atoms with E-state index in [1.54, 1.807) is 0 Å². The van der Waals surface area contributed by atoms with E-state index in [4.69, 9.17) is 9.26 Å². The second-order valence-corrected chi connectivity index (χ2v) is 5.06. The summed E-state index contributed by atoms with van der Waals surface area (Å²) in [7, 11) is 0. The molecule has 1 aromatic carbocycles. The van der Waals surface area contributed by atoms with Gasteiger partial charge in [-0.1, -0.05) is 18.1 Å². The Balaban J connectivity index is 1.88. The number of nitrogens with zero attached hydrogens (tertiary/aromatic N) is 1. The quantitative estimate of drug-likeness (QED) is 0.807. The molecular weight excluding hydrogens is 343 g/mol. The number of nitrogens with one attached hydrogen (secondary N) is 1. The van der Waals surface area contributed by atoms with Gasteiger partial charge in [-0.05, 0) is 47.3 Å². The molecule has 0 aliphatic heterocycles. The molecule has 0 amide bonds. The Hall–Kier alpha value is -1.08. The van der Waals surface area contributed by atoms with Crippen molar-refractivity contribution >= 4 is 22.6 Å². The van der Waals surface area contributed by atoms with Gasteiger partial charge in [0.15, 0.2) is 5.76 Å². The van der Waals surface area contributed by atoms with E-state index in [0.717, 1.165) is 33.9 Å². The van der Waals surface area contributed by atoms with Crippen LogP contribution in [0.2, 0.25) is 0 Å². The van der Waals surface area contributed by atoms with Crippen LogP contribution < -0.4 is 10.1 Å². The molecule has 18 heavy (non-hydrogen) atoms.